The summed E-state index contributed by atoms with van der Waals surface area (Å²) in [5.74, 6) is -0.275. The van der Waals surface area contributed by atoms with Gasteiger partial charge in [-0.3, -0.25) is 14.5 Å². The average molecular weight is 343 g/mol. The topological polar surface area (TPSA) is 78.1 Å². The van der Waals surface area contributed by atoms with Crippen LogP contribution in [-0.2, 0) is 11.3 Å². The Morgan fingerprint density at radius 2 is 2.27 bits per heavy atom. The first-order valence-electron chi connectivity index (χ1n) is 6.85. The zero-order chi connectivity index (χ0) is 16.4. The summed E-state index contributed by atoms with van der Waals surface area (Å²) in [5, 5.41) is 11.5. The lowest BCUT2D eigenvalue weighted by molar-refractivity contribution is -0.120. The zero-order valence-corrected chi connectivity index (χ0v) is 13.7. The SMILES string of the molecule is CCn1cc(NC(=O)C2CC(Cl)C(C#N)N2C)cc(Cl)c1=O. The van der Waals surface area contributed by atoms with Gasteiger partial charge in [-0.15, -0.1) is 11.6 Å². The minimum absolute atomic E-state index is 0.0459. The quantitative estimate of drug-likeness (QED) is 0.847. The van der Waals surface area contributed by atoms with Crippen LogP contribution in [0.2, 0.25) is 5.02 Å². The molecule has 1 aliphatic rings. The molecule has 0 saturated carbocycles. The highest BCUT2D eigenvalue weighted by Crippen LogP contribution is 2.27. The molecule has 0 spiro atoms. The molecule has 3 unspecified atom stereocenters. The maximum atomic E-state index is 12.4. The number of nitrogens with zero attached hydrogens (tertiary/aromatic N) is 3. The second kappa shape index (κ2) is 6.69. The molecule has 0 aliphatic carbocycles. The minimum atomic E-state index is -0.495. The molecule has 3 atom stereocenters. The van der Waals surface area contributed by atoms with Crippen molar-refractivity contribution >= 4 is 34.8 Å². The molecule has 0 aromatic carbocycles. The van der Waals surface area contributed by atoms with E-state index in [-0.39, 0.29) is 21.9 Å². The lowest BCUT2D eigenvalue weighted by Crippen LogP contribution is -2.40. The van der Waals surface area contributed by atoms with Crippen molar-refractivity contribution in [2.24, 2.45) is 0 Å². The summed E-state index contributed by atoms with van der Waals surface area (Å²) in [4.78, 5) is 25.8. The van der Waals surface area contributed by atoms with Crippen molar-refractivity contribution in [2.75, 3.05) is 12.4 Å². The van der Waals surface area contributed by atoms with E-state index in [9.17, 15) is 9.59 Å². The summed E-state index contributed by atoms with van der Waals surface area (Å²) in [6.07, 6.45) is 1.93. The third-order valence-electron chi connectivity index (χ3n) is 3.81. The number of carbonyl (C=O) groups is 1. The molecule has 6 nitrogen and oxygen atoms in total. The fourth-order valence-electron chi connectivity index (χ4n) is 2.55. The molecule has 1 amide bonds. The first-order chi connectivity index (χ1) is 10.4. The van der Waals surface area contributed by atoms with Gasteiger partial charge in [-0.05, 0) is 26.5 Å². The number of aromatic nitrogens is 1. The Morgan fingerprint density at radius 1 is 1.59 bits per heavy atom. The van der Waals surface area contributed by atoms with Gasteiger partial charge in [-0.2, -0.15) is 5.26 Å². The summed E-state index contributed by atoms with van der Waals surface area (Å²) < 4.78 is 1.42. The number of alkyl halides is 1. The largest absolute Gasteiger partial charge is 0.323 e. The van der Waals surface area contributed by atoms with E-state index < -0.39 is 12.1 Å². The van der Waals surface area contributed by atoms with Gasteiger partial charge in [0.25, 0.3) is 5.56 Å². The monoisotopic (exact) mass is 342 g/mol. The molecule has 1 fully saturated rings. The first-order valence-corrected chi connectivity index (χ1v) is 7.67. The number of hydrogen-bond acceptors (Lipinski definition) is 4. The van der Waals surface area contributed by atoms with Gasteiger partial charge >= 0.3 is 0 Å². The van der Waals surface area contributed by atoms with Crippen molar-refractivity contribution in [3.63, 3.8) is 0 Å². The van der Waals surface area contributed by atoms with Crippen molar-refractivity contribution in [3.8, 4) is 6.07 Å². The number of aryl methyl sites for hydroxylation is 1. The summed E-state index contributed by atoms with van der Waals surface area (Å²) in [6, 6.07) is 2.53. The molecule has 118 valence electrons. The highest BCUT2D eigenvalue weighted by Gasteiger charge is 2.41. The Balaban J connectivity index is 2.18. The van der Waals surface area contributed by atoms with E-state index in [0.717, 1.165) is 0 Å². The maximum Gasteiger partial charge on any atom is 0.269 e. The predicted molar refractivity (Wildman–Crippen MR) is 85.2 cm³/mol. The lowest BCUT2D eigenvalue weighted by Gasteiger charge is -2.21. The van der Waals surface area contributed by atoms with Crippen LogP contribution in [0.5, 0.6) is 0 Å². The van der Waals surface area contributed by atoms with Crippen molar-refractivity contribution < 1.29 is 4.79 Å². The van der Waals surface area contributed by atoms with Gasteiger partial charge in [0.2, 0.25) is 5.91 Å². The summed E-state index contributed by atoms with van der Waals surface area (Å²) in [7, 11) is 1.69. The fourth-order valence-corrected chi connectivity index (χ4v) is 3.18. The van der Waals surface area contributed by atoms with Crippen LogP contribution in [0.4, 0.5) is 5.69 Å². The Kier molecular flexibility index (Phi) is 5.12. The molecule has 1 N–H and O–H groups in total. The van der Waals surface area contributed by atoms with Crippen LogP contribution in [0.25, 0.3) is 0 Å². The second-order valence-electron chi connectivity index (χ2n) is 5.16. The Labute approximate surface area is 138 Å². The first kappa shape index (κ1) is 16.8. The number of pyridine rings is 1. The zero-order valence-electron chi connectivity index (χ0n) is 12.2. The molecule has 2 rings (SSSR count). The van der Waals surface area contributed by atoms with Gasteiger partial charge in [0.1, 0.15) is 11.1 Å². The molecule has 0 bridgehead atoms. The van der Waals surface area contributed by atoms with Crippen molar-refractivity contribution in [3.05, 3.63) is 27.6 Å². The van der Waals surface area contributed by atoms with Gasteiger partial charge in [-0.1, -0.05) is 11.6 Å². The molecule has 0 radical (unpaired) electrons. The van der Waals surface area contributed by atoms with Crippen LogP contribution in [0.3, 0.4) is 0 Å². The summed E-state index contributed by atoms with van der Waals surface area (Å²) in [5.41, 5.74) is 0.141. The summed E-state index contributed by atoms with van der Waals surface area (Å²) >= 11 is 12.0. The van der Waals surface area contributed by atoms with Crippen molar-refractivity contribution in [1.29, 1.82) is 5.26 Å². The van der Waals surface area contributed by atoms with Crippen LogP contribution >= 0.6 is 23.2 Å². The Morgan fingerprint density at radius 3 is 2.82 bits per heavy atom. The molecule has 8 heteroatoms. The van der Waals surface area contributed by atoms with E-state index in [1.165, 1.54) is 10.6 Å². The average Bonchev–Trinajstić information content (AvgIpc) is 2.77. The smallest absolute Gasteiger partial charge is 0.269 e. The van der Waals surface area contributed by atoms with E-state index in [4.69, 9.17) is 28.5 Å². The fraction of sp³-hybridized carbons (Fsp3) is 0.500. The standard InChI is InChI=1S/C14H16Cl2N4O2/c1-3-20-7-8(4-10(16)14(20)22)18-13(21)11-5-9(15)12(6-17)19(11)2/h4,7,9,11-12H,3,5H2,1-2H3,(H,18,21). The minimum Gasteiger partial charge on any atom is -0.323 e. The Bertz CT molecular complexity index is 682. The summed E-state index contributed by atoms with van der Waals surface area (Å²) in [6.45, 7) is 2.26. The molecule has 1 aliphatic heterocycles. The van der Waals surface area contributed by atoms with Crippen LogP contribution < -0.4 is 10.9 Å². The molecule has 2 heterocycles. The normalized spacial score (nSPS) is 25.0. The van der Waals surface area contributed by atoms with Gasteiger partial charge in [-0.25, -0.2) is 0 Å². The van der Waals surface area contributed by atoms with E-state index >= 15 is 0 Å². The number of halogens is 2. The van der Waals surface area contributed by atoms with Crippen molar-refractivity contribution in [2.45, 2.75) is 37.4 Å². The van der Waals surface area contributed by atoms with Gasteiger partial charge < -0.3 is 9.88 Å². The number of nitrogens with one attached hydrogen (secondary N) is 1. The number of likely N-dealkylation sites (tertiary alicyclic amines) is 1. The predicted octanol–water partition coefficient (Wildman–Crippen LogP) is 1.66. The van der Waals surface area contributed by atoms with Crippen molar-refractivity contribution in [1.82, 2.24) is 9.47 Å². The molecule has 22 heavy (non-hydrogen) atoms. The van der Waals surface area contributed by atoms with Crippen LogP contribution in [-0.4, -0.2) is 39.9 Å². The number of amides is 1. The highest BCUT2D eigenvalue weighted by molar-refractivity contribution is 6.30. The van der Waals surface area contributed by atoms with Gasteiger partial charge in [0.05, 0.1) is 23.2 Å². The molecule has 1 saturated heterocycles. The number of nitriles is 1. The Hall–Kier alpha value is -1.55. The van der Waals surface area contributed by atoms with Crippen LogP contribution in [0.15, 0.2) is 17.1 Å². The molecular weight excluding hydrogens is 327 g/mol. The second-order valence-corrected chi connectivity index (χ2v) is 6.13. The number of hydrogen-bond donors (Lipinski definition) is 1. The third-order valence-corrected chi connectivity index (χ3v) is 4.49. The highest BCUT2D eigenvalue weighted by atomic mass is 35.5. The number of anilines is 1. The molecule has 1 aromatic rings. The van der Waals surface area contributed by atoms with E-state index in [1.54, 1.807) is 18.1 Å². The van der Waals surface area contributed by atoms with E-state index in [1.807, 2.05) is 6.92 Å². The lowest BCUT2D eigenvalue weighted by atomic mass is 10.2. The molecular formula is C14H16Cl2N4O2. The number of carbonyl (C=O) groups excluding carboxylic acids is 1. The third kappa shape index (κ3) is 3.12. The van der Waals surface area contributed by atoms with E-state index in [2.05, 4.69) is 11.4 Å². The number of likely N-dealkylation sites (N-methyl/N-ethyl adjacent to an activating group) is 1. The van der Waals surface area contributed by atoms with E-state index in [0.29, 0.717) is 18.7 Å². The number of rotatable bonds is 3. The van der Waals surface area contributed by atoms with Crippen LogP contribution in [0, 0.1) is 11.3 Å². The van der Waals surface area contributed by atoms with Gasteiger partial charge in [0, 0.05) is 12.7 Å². The van der Waals surface area contributed by atoms with Gasteiger partial charge in [0.15, 0.2) is 0 Å². The molecule has 1 aromatic heterocycles. The maximum absolute atomic E-state index is 12.4. The van der Waals surface area contributed by atoms with Crippen LogP contribution in [0.1, 0.15) is 13.3 Å².